The van der Waals surface area contributed by atoms with E-state index in [9.17, 15) is 4.79 Å². The summed E-state index contributed by atoms with van der Waals surface area (Å²) < 4.78 is 2.07. The first-order chi connectivity index (χ1) is 9.47. The van der Waals surface area contributed by atoms with Crippen LogP contribution in [0.25, 0.3) is 0 Å². The second kappa shape index (κ2) is 6.29. The van der Waals surface area contributed by atoms with Gasteiger partial charge in [0.2, 0.25) is 0 Å². The summed E-state index contributed by atoms with van der Waals surface area (Å²) in [4.78, 5) is 12.1. The average molecular weight is 274 g/mol. The molecule has 0 atom stereocenters. The standard InChI is InChI=1S/C17H26N2O/c1-17(2,3)19-12-10-15(13-19)16(20)18-11-9-14-7-5-4-6-8-14/h7,10,12-13H,4-6,8-9,11H2,1-3H3,(H,18,20). The molecule has 1 amide bonds. The maximum absolute atomic E-state index is 12.1. The van der Waals surface area contributed by atoms with Crippen LogP contribution in [0.4, 0.5) is 0 Å². The maximum Gasteiger partial charge on any atom is 0.252 e. The van der Waals surface area contributed by atoms with Crippen molar-refractivity contribution in [1.29, 1.82) is 0 Å². The molecule has 3 heteroatoms. The van der Waals surface area contributed by atoms with Crippen LogP contribution in [0.3, 0.4) is 0 Å². The highest BCUT2D eigenvalue weighted by atomic mass is 16.1. The number of hydrogen-bond donors (Lipinski definition) is 1. The van der Waals surface area contributed by atoms with Gasteiger partial charge in [0.05, 0.1) is 5.56 Å². The minimum Gasteiger partial charge on any atom is -0.352 e. The fourth-order valence-corrected chi connectivity index (χ4v) is 2.52. The Labute approximate surface area is 122 Å². The van der Waals surface area contributed by atoms with E-state index in [1.807, 2.05) is 18.5 Å². The van der Waals surface area contributed by atoms with Crippen LogP contribution in [0.5, 0.6) is 0 Å². The Morgan fingerprint density at radius 1 is 1.35 bits per heavy atom. The highest BCUT2D eigenvalue weighted by molar-refractivity contribution is 5.94. The number of carbonyl (C=O) groups is 1. The second-order valence-electron chi connectivity index (χ2n) is 6.59. The molecule has 0 bridgehead atoms. The SMILES string of the molecule is CC(C)(C)n1ccc(C(=O)NCCC2=CCCCC2)c1. The zero-order valence-corrected chi connectivity index (χ0v) is 12.9. The highest BCUT2D eigenvalue weighted by Gasteiger charge is 2.15. The molecule has 1 aromatic heterocycles. The molecule has 1 aliphatic carbocycles. The van der Waals surface area contributed by atoms with E-state index in [0.717, 1.165) is 18.5 Å². The minimum atomic E-state index is 0.0193. The Morgan fingerprint density at radius 2 is 2.15 bits per heavy atom. The lowest BCUT2D eigenvalue weighted by atomic mass is 9.97. The summed E-state index contributed by atoms with van der Waals surface area (Å²) in [5, 5.41) is 3.02. The molecule has 0 fully saturated rings. The number of amides is 1. The smallest absolute Gasteiger partial charge is 0.252 e. The van der Waals surface area contributed by atoms with E-state index < -0.39 is 0 Å². The molecule has 0 unspecified atom stereocenters. The third-order valence-electron chi connectivity index (χ3n) is 3.85. The monoisotopic (exact) mass is 274 g/mol. The van der Waals surface area contributed by atoms with Crippen LogP contribution in [-0.2, 0) is 5.54 Å². The molecule has 1 heterocycles. The largest absolute Gasteiger partial charge is 0.352 e. The van der Waals surface area contributed by atoms with Crippen LogP contribution in [0.2, 0.25) is 0 Å². The van der Waals surface area contributed by atoms with Crippen molar-refractivity contribution in [3.05, 3.63) is 35.7 Å². The predicted octanol–water partition coefficient (Wildman–Crippen LogP) is 3.86. The molecule has 0 saturated heterocycles. The van der Waals surface area contributed by atoms with Crippen molar-refractivity contribution in [3.63, 3.8) is 0 Å². The van der Waals surface area contributed by atoms with Crippen molar-refractivity contribution in [1.82, 2.24) is 9.88 Å². The first-order valence-electron chi connectivity index (χ1n) is 7.61. The van der Waals surface area contributed by atoms with Crippen LogP contribution in [0, 0.1) is 0 Å². The van der Waals surface area contributed by atoms with Gasteiger partial charge in [0.25, 0.3) is 5.91 Å². The molecule has 1 N–H and O–H groups in total. The molecule has 1 aliphatic rings. The maximum atomic E-state index is 12.1. The lowest BCUT2D eigenvalue weighted by molar-refractivity contribution is 0.0954. The van der Waals surface area contributed by atoms with E-state index in [0.29, 0.717) is 0 Å². The summed E-state index contributed by atoms with van der Waals surface area (Å²) in [6.45, 7) is 7.13. The molecule has 110 valence electrons. The summed E-state index contributed by atoms with van der Waals surface area (Å²) in [5.74, 6) is 0.0319. The van der Waals surface area contributed by atoms with Crippen LogP contribution < -0.4 is 5.32 Å². The van der Waals surface area contributed by atoms with Gasteiger partial charge in [-0.15, -0.1) is 0 Å². The van der Waals surface area contributed by atoms with Gasteiger partial charge in [0.15, 0.2) is 0 Å². The number of hydrogen-bond acceptors (Lipinski definition) is 1. The van der Waals surface area contributed by atoms with Gasteiger partial charge in [-0.25, -0.2) is 0 Å². The van der Waals surface area contributed by atoms with E-state index in [-0.39, 0.29) is 11.4 Å². The summed E-state index contributed by atoms with van der Waals surface area (Å²) in [5.41, 5.74) is 2.27. The molecule has 0 aromatic carbocycles. The Kier molecular flexibility index (Phi) is 4.69. The fraction of sp³-hybridized carbons (Fsp3) is 0.588. The summed E-state index contributed by atoms with van der Waals surface area (Å²) >= 11 is 0. The molecule has 0 spiro atoms. The molecule has 20 heavy (non-hydrogen) atoms. The quantitative estimate of drug-likeness (QED) is 0.831. The lowest BCUT2D eigenvalue weighted by Crippen LogP contribution is -2.25. The van der Waals surface area contributed by atoms with Crippen molar-refractivity contribution in [2.75, 3.05) is 6.54 Å². The van der Waals surface area contributed by atoms with E-state index >= 15 is 0 Å². The number of nitrogens with one attached hydrogen (secondary N) is 1. The van der Waals surface area contributed by atoms with Gasteiger partial charge >= 0.3 is 0 Å². The topological polar surface area (TPSA) is 34.0 Å². The molecule has 1 aromatic rings. The number of nitrogens with zero attached hydrogens (tertiary/aromatic N) is 1. The normalized spacial score (nSPS) is 15.8. The van der Waals surface area contributed by atoms with Crippen molar-refractivity contribution < 1.29 is 4.79 Å². The first kappa shape index (κ1) is 14.9. The van der Waals surface area contributed by atoms with Crippen molar-refractivity contribution in [2.24, 2.45) is 0 Å². The Balaban J connectivity index is 1.83. The molecule has 3 nitrogen and oxygen atoms in total. The third-order valence-corrected chi connectivity index (χ3v) is 3.85. The molecule has 2 rings (SSSR count). The number of rotatable bonds is 4. The third kappa shape index (κ3) is 3.99. The van der Waals surface area contributed by atoms with Crippen LogP contribution in [-0.4, -0.2) is 17.0 Å². The first-order valence-corrected chi connectivity index (χ1v) is 7.61. The van der Waals surface area contributed by atoms with E-state index in [1.165, 1.54) is 31.3 Å². The number of allylic oxidation sites excluding steroid dienone is 1. The summed E-state index contributed by atoms with van der Waals surface area (Å²) in [7, 11) is 0. The zero-order chi connectivity index (χ0) is 14.6. The summed E-state index contributed by atoms with van der Waals surface area (Å²) in [6.07, 6.45) is 12.3. The van der Waals surface area contributed by atoms with Crippen LogP contribution in [0.1, 0.15) is 63.2 Å². The Bertz CT molecular complexity index is 491. The van der Waals surface area contributed by atoms with Crippen molar-refractivity contribution >= 4 is 5.91 Å². The van der Waals surface area contributed by atoms with Gasteiger partial charge in [0, 0.05) is 24.5 Å². The van der Waals surface area contributed by atoms with E-state index in [2.05, 4.69) is 36.7 Å². The highest BCUT2D eigenvalue weighted by Crippen LogP contribution is 2.19. The Hall–Kier alpha value is -1.51. The molecular weight excluding hydrogens is 248 g/mol. The van der Waals surface area contributed by atoms with Gasteiger partial charge in [-0.1, -0.05) is 11.6 Å². The second-order valence-corrected chi connectivity index (χ2v) is 6.59. The molecule has 0 radical (unpaired) electrons. The molecule has 0 saturated carbocycles. The van der Waals surface area contributed by atoms with Crippen molar-refractivity contribution in [3.8, 4) is 0 Å². The predicted molar refractivity (Wildman–Crippen MR) is 82.9 cm³/mol. The number of aromatic nitrogens is 1. The van der Waals surface area contributed by atoms with E-state index in [4.69, 9.17) is 0 Å². The number of carbonyl (C=O) groups excluding carboxylic acids is 1. The van der Waals surface area contributed by atoms with Gasteiger partial charge in [0.1, 0.15) is 0 Å². The summed E-state index contributed by atoms with van der Waals surface area (Å²) in [6, 6.07) is 1.89. The van der Waals surface area contributed by atoms with Gasteiger partial charge in [-0.3, -0.25) is 4.79 Å². The molecule has 0 aliphatic heterocycles. The lowest BCUT2D eigenvalue weighted by Gasteiger charge is -2.20. The zero-order valence-electron chi connectivity index (χ0n) is 12.9. The van der Waals surface area contributed by atoms with Crippen LogP contribution >= 0.6 is 0 Å². The van der Waals surface area contributed by atoms with Crippen molar-refractivity contribution in [2.45, 2.75) is 58.4 Å². The van der Waals surface area contributed by atoms with Crippen LogP contribution in [0.15, 0.2) is 30.1 Å². The van der Waals surface area contributed by atoms with Gasteiger partial charge < -0.3 is 9.88 Å². The van der Waals surface area contributed by atoms with Gasteiger partial charge in [-0.2, -0.15) is 0 Å². The van der Waals surface area contributed by atoms with Gasteiger partial charge in [-0.05, 0) is 58.9 Å². The molecular formula is C17H26N2O. The minimum absolute atomic E-state index is 0.0193. The average Bonchev–Trinajstić information content (AvgIpc) is 2.89. The Morgan fingerprint density at radius 3 is 2.75 bits per heavy atom. The fourth-order valence-electron chi connectivity index (χ4n) is 2.52. The van der Waals surface area contributed by atoms with E-state index in [1.54, 1.807) is 0 Å².